The van der Waals surface area contributed by atoms with Gasteiger partial charge in [-0.3, -0.25) is 9.89 Å². The summed E-state index contributed by atoms with van der Waals surface area (Å²) in [5.74, 6) is 0.0472. The quantitative estimate of drug-likeness (QED) is 0.806. The third-order valence-electron chi connectivity index (χ3n) is 2.39. The molecule has 0 radical (unpaired) electrons. The van der Waals surface area contributed by atoms with Gasteiger partial charge in [0.05, 0.1) is 11.7 Å². The molecular formula is C11H12ClN3O. The molecule has 2 aromatic rings. The zero-order valence-electron chi connectivity index (χ0n) is 8.83. The van der Waals surface area contributed by atoms with Crippen molar-refractivity contribution in [1.29, 1.82) is 0 Å². The maximum Gasteiger partial charge on any atom is 0.228 e. The van der Waals surface area contributed by atoms with Gasteiger partial charge in [-0.2, -0.15) is 5.10 Å². The van der Waals surface area contributed by atoms with Crippen molar-refractivity contribution in [2.24, 2.45) is 5.92 Å². The predicted octanol–water partition coefficient (Wildman–Crippen LogP) is 2.38. The molecule has 1 aromatic carbocycles. The van der Waals surface area contributed by atoms with Crippen LogP contribution >= 0.6 is 11.6 Å². The molecule has 0 aliphatic heterocycles. The number of anilines is 1. The van der Waals surface area contributed by atoms with Gasteiger partial charge in [0.2, 0.25) is 5.91 Å². The number of H-pyrrole nitrogens is 1. The molecule has 1 atom stereocenters. The number of benzene rings is 1. The van der Waals surface area contributed by atoms with E-state index in [1.807, 2.05) is 18.2 Å². The Bertz CT molecular complexity index is 509. The summed E-state index contributed by atoms with van der Waals surface area (Å²) in [7, 11) is 0. The minimum atomic E-state index is -0.195. The Balaban J connectivity index is 2.17. The van der Waals surface area contributed by atoms with E-state index in [0.29, 0.717) is 5.88 Å². The summed E-state index contributed by atoms with van der Waals surface area (Å²) >= 11 is 5.61. The van der Waals surface area contributed by atoms with E-state index in [9.17, 15) is 4.79 Å². The SMILES string of the molecule is CC(CCl)C(=O)Nc1ccc2cn[nH]c2c1. The zero-order valence-corrected chi connectivity index (χ0v) is 9.58. The Hall–Kier alpha value is -1.55. The standard InChI is InChI=1S/C11H12ClN3O/c1-7(5-12)11(16)14-9-3-2-8-6-13-15-10(8)4-9/h2-4,6-7H,5H2,1H3,(H,13,15)(H,14,16). The minimum absolute atomic E-state index is 0.0751. The number of carbonyl (C=O) groups is 1. The normalized spacial score (nSPS) is 12.6. The smallest absolute Gasteiger partial charge is 0.228 e. The highest BCUT2D eigenvalue weighted by Gasteiger charge is 2.11. The number of nitrogens with one attached hydrogen (secondary N) is 2. The molecule has 5 heteroatoms. The van der Waals surface area contributed by atoms with Crippen molar-refractivity contribution in [2.45, 2.75) is 6.92 Å². The highest BCUT2D eigenvalue weighted by atomic mass is 35.5. The first-order valence-electron chi connectivity index (χ1n) is 5.00. The molecule has 0 aliphatic carbocycles. The van der Waals surface area contributed by atoms with Crippen LogP contribution in [0.15, 0.2) is 24.4 Å². The van der Waals surface area contributed by atoms with Gasteiger partial charge >= 0.3 is 0 Å². The lowest BCUT2D eigenvalue weighted by molar-refractivity contribution is -0.118. The van der Waals surface area contributed by atoms with Crippen molar-refractivity contribution in [2.75, 3.05) is 11.2 Å². The van der Waals surface area contributed by atoms with E-state index >= 15 is 0 Å². The first-order chi connectivity index (χ1) is 7.70. The largest absolute Gasteiger partial charge is 0.326 e. The van der Waals surface area contributed by atoms with Crippen LogP contribution in [0.5, 0.6) is 0 Å². The third kappa shape index (κ3) is 2.17. The molecule has 0 aliphatic rings. The van der Waals surface area contributed by atoms with E-state index in [0.717, 1.165) is 16.6 Å². The van der Waals surface area contributed by atoms with Gasteiger partial charge in [0, 0.05) is 22.9 Å². The van der Waals surface area contributed by atoms with Crippen LogP contribution in [0.25, 0.3) is 10.9 Å². The van der Waals surface area contributed by atoms with Gasteiger partial charge in [0.25, 0.3) is 0 Å². The van der Waals surface area contributed by atoms with Gasteiger partial charge in [-0.1, -0.05) is 6.92 Å². The van der Waals surface area contributed by atoms with Crippen molar-refractivity contribution >= 4 is 34.1 Å². The van der Waals surface area contributed by atoms with Gasteiger partial charge in [-0.15, -0.1) is 11.6 Å². The number of rotatable bonds is 3. The van der Waals surface area contributed by atoms with Crippen LogP contribution in [0.4, 0.5) is 5.69 Å². The summed E-state index contributed by atoms with van der Waals surface area (Å²) in [6, 6.07) is 5.59. The van der Waals surface area contributed by atoms with Crippen molar-refractivity contribution in [3.05, 3.63) is 24.4 Å². The second-order valence-corrected chi connectivity index (χ2v) is 4.03. The first-order valence-corrected chi connectivity index (χ1v) is 5.54. The van der Waals surface area contributed by atoms with E-state index < -0.39 is 0 Å². The molecule has 16 heavy (non-hydrogen) atoms. The monoisotopic (exact) mass is 237 g/mol. The molecule has 1 amide bonds. The van der Waals surface area contributed by atoms with E-state index in [-0.39, 0.29) is 11.8 Å². The number of hydrogen-bond donors (Lipinski definition) is 2. The molecule has 0 saturated heterocycles. The maximum atomic E-state index is 11.6. The van der Waals surface area contributed by atoms with E-state index in [2.05, 4.69) is 15.5 Å². The van der Waals surface area contributed by atoms with Crippen LogP contribution < -0.4 is 5.32 Å². The summed E-state index contributed by atoms with van der Waals surface area (Å²) in [6.07, 6.45) is 1.74. The molecule has 4 nitrogen and oxygen atoms in total. The number of fused-ring (bicyclic) bond motifs is 1. The Morgan fingerprint density at radius 1 is 1.62 bits per heavy atom. The fourth-order valence-electron chi connectivity index (χ4n) is 1.35. The second kappa shape index (κ2) is 4.53. The maximum absolute atomic E-state index is 11.6. The lowest BCUT2D eigenvalue weighted by Gasteiger charge is -2.08. The molecule has 0 bridgehead atoms. The van der Waals surface area contributed by atoms with Crippen molar-refractivity contribution in [1.82, 2.24) is 10.2 Å². The fourth-order valence-corrected chi connectivity index (χ4v) is 1.49. The van der Waals surface area contributed by atoms with Crippen molar-refractivity contribution < 1.29 is 4.79 Å². The highest BCUT2D eigenvalue weighted by molar-refractivity contribution is 6.19. The average molecular weight is 238 g/mol. The van der Waals surface area contributed by atoms with Crippen molar-refractivity contribution in [3.8, 4) is 0 Å². The molecular weight excluding hydrogens is 226 g/mol. The number of halogens is 1. The Kier molecular flexibility index (Phi) is 3.10. The van der Waals surface area contributed by atoms with Crippen LogP contribution in [0, 0.1) is 5.92 Å². The van der Waals surface area contributed by atoms with Crippen LogP contribution in [-0.4, -0.2) is 22.0 Å². The number of aromatic amines is 1. The van der Waals surface area contributed by atoms with Crippen LogP contribution in [0.2, 0.25) is 0 Å². The molecule has 2 N–H and O–H groups in total. The van der Waals surface area contributed by atoms with Gasteiger partial charge < -0.3 is 5.32 Å². The average Bonchev–Trinajstić information content (AvgIpc) is 2.75. The molecule has 1 unspecified atom stereocenters. The molecule has 0 saturated carbocycles. The summed E-state index contributed by atoms with van der Waals surface area (Å²) in [5, 5.41) is 10.6. The van der Waals surface area contributed by atoms with Crippen LogP contribution in [-0.2, 0) is 4.79 Å². The molecule has 0 spiro atoms. The topological polar surface area (TPSA) is 57.8 Å². The third-order valence-corrected chi connectivity index (χ3v) is 2.85. The molecule has 1 heterocycles. The zero-order chi connectivity index (χ0) is 11.5. The van der Waals surface area contributed by atoms with Crippen molar-refractivity contribution in [3.63, 3.8) is 0 Å². The highest BCUT2D eigenvalue weighted by Crippen LogP contribution is 2.17. The van der Waals surface area contributed by atoms with E-state index in [1.54, 1.807) is 13.1 Å². The molecule has 0 fully saturated rings. The summed E-state index contributed by atoms with van der Waals surface area (Å²) in [5.41, 5.74) is 1.65. The summed E-state index contributed by atoms with van der Waals surface area (Å²) < 4.78 is 0. The van der Waals surface area contributed by atoms with Crippen LogP contribution in [0.1, 0.15) is 6.92 Å². The Morgan fingerprint density at radius 2 is 2.44 bits per heavy atom. The predicted molar refractivity (Wildman–Crippen MR) is 64.6 cm³/mol. The Morgan fingerprint density at radius 3 is 3.19 bits per heavy atom. The lowest BCUT2D eigenvalue weighted by atomic mass is 10.2. The summed E-state index contributed by atoms with van der Waals surface area (Å²) in [4.78, 5) is 11.6. The fraction of sp³-hybridized carbons (Fsp3) is 0.273. The van der Waals surface area contributed by atoms with E-state index in [4.69, 9.17) is 11.6 Å². The van der Waals surface area contributed by atoms with E-state index in [1.165, 1.54) is 0 Å². The van der Waals surface area contributed by atoms with Gasteiger partial charge in [0.15, 0.2) is 0 Å². The lowest BCUT2D eigenvalue weighted by Crippen LogP contribution is -2.21. The molecule has 2 rings (SSSR count). The number of nitrogens with zero attached hydrogens (tertiary/aromatic N) is 1. The minimum Gasteiger partial charge on any atom is -0.326 e. The first kappa shape index (κ1) is 11.0. The Labute approximate surface area is 98.0 Å². The van der Waals surface area contributed by atoms with Gasteiger partial charge in [0.1, 0.15) is 0 Å². The number of aromatic nitrogens is 2. The molecule has 1 aromatic heterocycles. The number of amides is 1. The number of carbonyl (C=O) groups excluding carboxylic acids is 1. The van der Waals surface area contributed by atoms with Gasteiger partial charge in [-0.25, -0.2) is 0 Å². The summed E-state index contributed by atoms with van der Waals surface area (Å²) in [6.45, 7) is 1.79. The number of alkyl halides is 1. The van der Waals surface area contributed by atoms with Crippen LogP contribution in [0.3, 0.4) is 0 Å². The second-order valence-electron chi connectivity index (χ2n) is 3.72. The number of hydrogen-bond acceptors (Lipinski definition) is 2. The van der Waals surface area contributed by atoms with Gasteiger partial charge in [-0.05, 0) is 18.2 Å². The molecule has 84 valence electrons.